The summed E-state index contributed by atoms with van der Waals surface area (Å²) in [4.78, 5) is 26.4. The topological polar surface area (TPSA) is 58.6 Å². The molecular formula is C22H26N2O3. The van der Waals surface area contributed by atoms with Crippen LogP contribution in [-0.2, 0) is 4.79 Å². The third-order valence-electron chi connectivity index (χ3n) is 4.82. The molecule has 0 unspecified atom stereocenters. The van der Waals surface area contributed by atoms with Crippen molar-refractivity contribution in [2.24, 2.45) is 0 Å². The molecule has 0 bridgehead atoms. The van der Waals surface area contributed by atoms with Crippen molar-refractivity contribution in [3.63, 3.8) is 0 Å². The summed E-state index contributed by atoms with van der Waals surface area (Å²) >= 11 is 0. The van der Waals surface area contributed by atoms with Crippen molar-refractivity contribution < 1.29 is 14.3 Å². The number of nitrogens with zero attached hydrogens (tertiary/aromatic N) is 1. The van der Waals surface area contributed by atoms with Crippen LogP contribution in [0.4, 0.5) is 0 Å². The summed E-state index contributed by atoms with van der Waals surface area (Å²) in [6, 6.07) is 17.2. The molecule has 0 atom stereocenters. The first-order valence-electron chi connectivity index (χ1n) is 9.45. The third-order valence-corrected chi connectivity index (χ3v) is 4.82. The van der Waals surface area contributed by atoms with E-state index in [0.29, 0.717) is 31.7 Å². The zero-order valence-corrected chi connectivity index (χ0v) is 15.7. The number of benzene rings is 2. The number of likely N-dealkylation sites (tertiary alicyclic amines) is 1. The van der Waals surface area contributed by atoms with Crippen molar-refractivity contribution in [1.29, 1.82) is 0 Å². The van der Waals surface area contributed by atoms with Crippen LogP contribution in [0.3, 0.4) is 0 Å². The van der Waals surface area contributed by atoms with Gasteiger partial charge in [0.15, 0.2) is 0 Å². The molecule has 1 aliphatic rings. The SMILES string of the molecule is Cc1ccc(OCCC(=O)N2CCC(NC(=O)c3ccccc3)CC2)cc1. The van der Waals surface area contributed by atoms with Gasteiger partial charge >= 0.3 is 0 Å². The third kappa shape index (κ3) is 5.58. The summed E-state index contributed by atoms with van der Waals surface area (Å²) < 4.78 is 5.64. The molecule has 0 radical (unpaired) electrons. The van der Waals surface area contributed by atoms with E-state index in [4.69, 9.17) is 4.74 Å². The highest BCUT2D eigenvalue weighted by Crippen LogP contribution is 2.14. The lowest BCUT2D eigenvalue weighted by atomic mass is 10.0. The fourth-order valence-corrected chi connectivity index (χ4v) is 3.18. The van der Waals surface area contributed by atoms with E-state index in [1.807, 2.05) is 66.4 Å². The summed E-state index contributed by atoms with van der Waals surface area (Å²) in [6.07, 6.45) is 1.93. The quantitative estimate of drug-likeness (QED) is 0.854. The number of hydrogen-bond acceptors (Lipinski definition) is 3. The Morgan fingerprint density at radius 2 is 1.70 bits per heavy atom. The number of carbonyl (C=O) groups excluding carboxylic acids is 2. The Kier molecular flexibility index (Phi) is 6.47. The van der Waals surface area contributed by atoms with E-state index in [1.165, 1.54) is 5.56 Å². The van der Waals surface area contributed by atoms with Gasteiger partial charge in [0.1, 0.15) is 5.75 Å². The smallest absolute Gasteiger partial charge is 0.251 e. The van der Waals surface area contributed by atoms with Crippen LogP contribution in [0, 0.1) is 6.92 Å². The van der Waals surface area contributed by atoms with Crippen molar-refractivity contribution in [3.05, 3.63) is 65.7 Å². The average molecular weight is 366 g/mol. The normalized spacial score (nSPS) is 14.6. The van der Waals surface area contributed by atoms with Gasteiger partial charge in [-0.25, -0.2) is 0 Å². The van der Waals surface area contributed by atoms with Crippen LogP contribution in [0.2, 0.25) is 0 Å². The van der Waals surface area contributed by atoms with Gasteiger partial charge in [0.25, 0.3) is 5.91 Å². The maximum absolute atomic E-state index is 12.4. The number of amides is 2. The van der Waals surface area contributed by atoms with Crippen LogP contribution in [0.5, 0.6) is 5.75 Å². The number of ether oxygens (including phenoxy) is 1. The molecule has 1 N–H and O–H groups in total. The van der Waals surface area contributed by atoms with Gasteiger partial charge < -0.3 is 15.0 Å². The van der Waals surface area contributed by atoms with Crippen molar-refractivity contribution in [3.8, 4) is 5.75 Å². The maximum Gasteiger partial charge on any atom is 0.251 e. The maximum atomic E-state index is 12.4. The van der Waals surface area contributed by atoms with E-state index < -0.39 is 0 Å². The van der Waals surface area contributed by atoms with E-state index >= 15 is 0 Å². The number of hydrogen-bond donors (Lipinski definition) is 1. The van der Waals surface area contributed by atoms with Gasteiger partial charge in [0.2, 0.25) is 5.91 Å². The monoisotopic (exact) mass is 366 g/mol. The van der Waals surface area contributed by atoms with Crippen molar-refractivity contribution in [2.75, 3.05) is 19.7 Å². The highest BCUT2D eigenvalue weighted by molar-refractivity contribution is 5.94. The Labute approximate surface area is 160 Å². The molecule has 1 heterocycles. The van der Waals surface area contributed by atoms with Gasteiger partial charge in [-0.05, 0) is 44.0 Å². The highest BCUT2D eigenvalue weighted by Gasteiger charge is 2.23. The van der Waals surface area contributed by atoms with Crippen LogP contribution in [0.25, 0.3) is 0 Å². The van der Waals surface area contributed by atoms with Gasteiger partial charge in [-0.3, -0.25) is 9.59 Å². The van der Waals surface area contributed by atoms with E-state index in [1.54, 1.807) is 0 Å². The fraction of sp³-hybridized carbons (Fsp3) is 0.364. The molecular weight excluding hydrogens is 340 g/mol. The Morgan fingerprint density at radius 3 is 2.37 bits per heavy atom. The summed E-state index contributed by atoms with van der Waals surface area (Å²) in [5.74, 6) is 0.845. The van der Waals surface area contributed by atoms with E-state index in [-0.39, 0.29) is 17.9 Å². The molecule has 2 aromatic rings. The lowest BCUT2D eigenvalue weighted by molar-refractivity contribution is -0.132. The zero-order valence-electron chi connectivity index (χ0n) is 15.7. The van der Waals surface area contributed by atoms with Gasteiger partial charge in [0.05, 0.1) is 13.0 Å². The molecule has 0 saturated carbocycles. The van der Waals surface area contributed by atoms with Gasteiger partial charge in [-0.15, -0.1) is 0 Å². The molecule has 0 spiro atoms. The Bertz CT molecular complexity index is 751. The van der Waals surface area contributed by atoms with E-state index in [0.717, 1.165) is 18.6 Å². The summed E-state index contributed by atoms with van der Waals surface area (Å²) in [6.45, 7) is 3.75. The summed E-state index contributed by atoms with van der Waals surface area (Å²) in [5.41, 5.74) is 1.85. The number of aryl methyl sites for hydroxylation is 1. The second kappa shape index (κ2) is 9.21. The predicted molar refractivity (Wildman–Crippen MR) is 105 cm³/mol. The molecule has 5 heteroatoms. The lowest BCUT2D eigenvalue weighted by Gasteiger charge is -2.32. The first-order chi connectivity index (χ1) is 13.1. The fourth-order valence-electron chi connectivity index (χ4n) is 3.18. The van der Waals surface area contributed by atoms with Crippen molar-refractivity contribution >= 4 is 11.8 Å². The van der Waals surface area contributed by atoms with Gasteiger partial charge in [-0.1, -0.05) is 35.9 Å². The lowest BCUT2D eigenvalue weighted by Crippen LogP contribution is -2.46. The molecule has 1 aliphatic heterocycles. The summed E-state index contributed by atoms with van der Waals surface area (Å²) in [7, 11) is 0. The number of rotatable bonds is 6. The number of carbonyl (C=O) groups is 2. The number of nitrogens with one attached hydrogen (secondary N) is 1. The van der Waals surface area contributed by atoms with Gasteiger partial charge in [-0.2, -0.15) is 0 Å². The molecule has 0 aromatic heterocycles. The second-order valence-corrected chi connectivity index (χ2v) is 6.91. The van der Waals surface area contributed by atoms with E-state index in [9.17, 15) is 9.59 Å². The Hall–Kier alpha value is -2.82. The number of piperidine rings is 1. The van der Waals surface area contributed by atoms with E-state index in [2.05, 4.69) is 5.32 Å². The zero-order chi connectivity index (χ0) is 19.1. The highest BCUT2D eigenvalue weighted by atomic mass is 16.5. The van der Waals surface area contributed by atoms with Crippen LogP contribution >= 0.6 is 0 Å². The van der Waals surface area contributed by atoms with Crippen LogP contribution in [0.15, 0.2) is 54.6 Å². The minimum Gasteiger partial charge on any atom is -0.493 e. The molecule has 5 nitrogen and oxygen atoms in total. The van der Waals surface area contributed by atoms with Crippen LogP contribution < -0.4 is 10.1 Å². The van der Waals surface area contributed by atoms with Crippen LogP contribution in [0.1, 0.15) is 35.2 Å². The standard InChI is InChI=1S/C22H26N2O3/c1-17-7-9-20(10-8-17)27-16-13-21(25)24-14-11-19(12-15-24)23-22(26)18-5-3-2-4-6-18/h2-10,19H,11-16H2,1H3,(H,23,26). The summed E-state index contributed by atoms with van der Waals surface area (Å²) in [5, 5.41) is 3.06. The molecule has 2 amide bonds. The first-order valence-corrected chi connectivity index (χ1v) is 9.45. The van der Waals surface area contributed by atoms with Crippen molar-refractivity contribution in [1.82, 2.24) is 10.2 Å². The average Bonchev–Trinajstić information content (AvgIpc) is 2.70. The molecule has 142 valence electrons. The molecule has 1 saturated heterocycles. The van der Waals surface area contributed by atoms with Gasteiger partial charge in [0, 0.05) is 24.7 Å². The molecule has 2 aromatic carbocycles. The Morgan fingerprint density at radius 1 is 1.04 bits per heavy atom. The van der Waals surface area contributed by atoms with Crippen LogP contribution in [-0.4, -0.2) is 42.5 Å². The predicted octanol–water partition coefficient (Wildman–Crippen LogP) is 3.18. The molecule has 0 aliphatic carbocycles. The molecule has 1 fully saturated rings. The minimum absolute atomic E-state index is 0.0492. The largest absolute Gasteiger partial charge is 0.493 e. The first kappa shape index (κ1) is 19.0. The molecule has 3 rings (SSSR count). The second-order valence-electron chi connectivity index (χ2n) is 6.91. The molecule has 27 heavy (non-hydrogen) atoms. The van der Waals surface area contributed by atoms with Crippen molar-refractivity contribution in [2.45, 2.75) is 32.2 Å². The minimum atomic E-state index is -0.0492. The Balaban J connectivity index is 1.37.